The van der Waals surface area contributed by atoms with Gasteiger partial charge in [-0.25, -0.2) is 0 Å². The smallest absolute Gasteiger partial charge is 0.0871 e. The predicted octanol–water partition coefficient (Wildman–Crippen LogP) is 2.33. The second-order valence-electron chi connectivity index (χ2n) is 7.77. The third-order valence-corrected chi connectivity index (χ3v) is 6.04. The summed E-state index contributed by atoms with van der Waals surface area (Å²) in [6.45, 7) is 3.82. The van der Waals surface area contributed by atoms with Crippen LogP contribution in [0.2, 0.25) is 0 Å². The number of aliphatic hydroxyl groups is 4. The Bertz CT molecular complexity index is 755. The summed E-state index contributed by atoms with van der Waals surface area (Å²) in [5.41, 5.74) is 5.93. The molecule has 3 rings (SSSR count). The first kappa shape index (κ1) is 20.0. The van der Waals surface area contributed by atoms with Crippen LogP contribution in [0.1, 0.15) is 47.1 Å². The number of hydrogen-bond donors (Lipinski definition) is 4. The van der Waals surface area contributed by atoms with Crippen LogP contribution in [0.15, 0.2) is 42.5 Å². The zero-order chi connectivity index (χ0) is 19.6. The van der Waals surface area contributed by atoms with E-state index >= 15 is 0 Å². The largest absolute Gasteiger partial charge is 0.394 e. The molecule has 4 nitrogen and oxygen atoms in total. The molecule has 4 N–H and O–H groups in total. The molecular weight excluding hydrogens is 340 g/mol. The zero-order valence-corrected chi connectivity index (χ0v) is 16.0. The minimum atomic E-state index is -1.02. The summed E-state index contributed by atoms with van der Waals surface area (Å²) in [5.74, 6) is -0.755. The molecule has 0 radical (unpaired) electrons. The Balaban J connectivity index is 1.82. The maximum Gasteiger partial charge on any atom is 0.0871 e. The molecular formula is C23H30O4. The van der Waals surface area contributed by atoms with Gasteiger partial charge < -0.3 is 20.4 Å². The van der Waals surface area contributed by atoms with E-state index in [4.69, 9.17) is 0 Å². The van der Waals surface area contributed by atoms with Crippen molar-refractivity contribution in [3.05, 3.63) is 70.3 Å². The molecule has 1 saturated carbocycles. The molecule has 3 unspecified atom stereocenters. The first-order chi connectivity index (χ1) is 12.9. The monoisotopic (exact) mass is 370 g/mol. The lowest BCUT2D eigenvalue weighted by molar-refractivity contribution is -0.0375. The van der Waals surface area contributed by atoms with Crippen molar-refractivity contribution in [1.29, 1.82) is 0 Å². The fraction of sp³-hybridized carbons (Fsp3) is 0.478. The third-order valence-electron chi connectivity index (χ3n) is 6.04. The first-order valence-electron chi connectivity index (χ1n) is 9.76. The molecule has 2 aromatic rings. The Morgan fingerprint density at radius 1 is 1.00 bits per heavy atom. The number of aryl methyl sites for hydroxylation is 2. The van der Waals surface area contributed by atoms with Gasteiger partial charge in [0.1, 0.15) is 0 Å². The molecule has 0 aliphatic heterocycles. The van der Waals surface area contributed by atoms with Gasteiger partial charge in [-0.1, -0.05) is 49.4 Å². The number of benzene rings is 2. The van der Waals surface area contributed by atoms with E-state index in [0.29, 0.717) is 6.42 Å². The number of hydrogen-bond acceptors (Lipinski definition) is 4. The maximum absolute atomic E-state index is 10.5. The molecule has 146 valence electrons. The van der Waals surface area contributed by atoms with Crippen molar-refractivity contribution in [2.75, 3.05) is 6.61 Å². The quantitative estimate of drug-likeness (QED) is 0.629. The van der Waals surface area contributed by atoms with Crippen LogP contribution < -0.4 is 0 Å². The molecule has 27 heavy (non-hydrogen) atoms. The van der Waals surface area contributed by atoms with Crippen molar-refractivity contribution in [1.82, 2.24) is 0 Å². The molecule has 0 aromatic heterocycles. The van der Waals surface area contributed by atoms with Gasteiger partial charge in [0, 0.05) is 11.8 Å². The Kier molecular flexibility index (Phi) is 6.33. The highest BCUT2D eigenvalue weighted by Gasteiger charge is 2.44. The lowest BCUT2D eigenvalue weighted by Crippen LogP contribution is -2.35. The lowest BCUT2D eigenvalue weighted by Gasteiger charge is -2.20. The Hall–Kier alpha value is -1.72. The SMILES string of the molecule is CCc1ccc(Cc2cc(C3CC([C@H](O)CO)[C@H](O)C3O)ccc2C)cc1. The molecule has 4 heteroatoms. The molecule has 0 bridgehead atoms. The van der Waals surface area contributed by atoms with Gasteiger partial charge in [0.15, 0.2) is 0 Å². The summed E-state index contributed by atoms with van der Waals surface area (Å²) in [7, 11) is 0. The number of rotatable bonds is 6. The summed E-state index contributed by atoms with van der Waals surface area (Å²) in [6, 6.07) is 14.8. The standard InChI is InChI=1S/C23H30O4/c1-3-15-5-7-16(8-6-15)10-18-11-17(9-4-14(18)2)19-12-20(21(25)13-24)23(27)22(19)26/h4-9,11,19-27H,3,10,12-13H2,1-2H3/t19?,20?,21-,22?,23+/m1/s1. The minimum Gasteiger partial charge on any atom is -0.394 e. The molecule has 1 fully saturated rings. The second-order valence-corrected chi connectivity index (χ2v) is 7.77. The van der Waals surface area contributed by atoms with Gasteiger partial charge in [-0.15, -0.1) is 0 Å². The molecule has 2 aromatic carbocycles. The Morgan fingerprint density at radius 3 is 2.30 bits per heavy atom. The van der Waals surface area contributed by atoms with Crippen molar-refractivity contribution in [3.8, 4) is 0 Å². The molecule has 5 atom stereocenters. The van der Waals surface area contributed by atoms with Crippen LogP contribution >= 0.6 is 0 Å². The normalized spacial score (nSPS) is 26.3. The van der Waals surface area contributed by atoms with Crippen molar-refractivity contribution in [2.24, 2.45) is 5.92 Å². The predicted molar refractivity (Wildman–Crippen MR) is 106 cm³/mol. The van der Waals surface area contributed by atoms with Crippen molar-refractivity contribution in [3.63, 3.8) is 0 Å². The maximum atomic E-state index is 10.5. The molecule has 1 aliphatic carbocycles. The van der Waals surface area contributed by atoms with Crippen LogP contribution in [0.4, 0.5) is 0 Å². The average molecular weight is 370 g/mol. The van der Waals surface area contributed by atoms with E-state index < -0.39 is 30.8 Å². The van der Waals surface area contributed by atoms with Gasteiger partial charge in [0.2, 0.25) is 0 Å². The van der Waals surface area contributed by atoms with E-state index in [-0.39, 0.29) is 5.92 Å². The van der Waals surface area contributed by atoms with Crippen LogP contribution in [0.3, 0.4) is 0 Å². The van der Waals surface area contributed by atoms with E-state index in [2.05, 4.69) is 50.2 Å². The van der Waals surface area contributed by atoms with E-state index in [1.807, 2.05) is 6.07 Å². The van der Waals surface area contributed by atoms with Crippen LogP contribution in [0.5, 0.6) is 0 Å². The van der Waals surface area contributed by atoms with E-state index in [0.717, 1.165) is 18.4 Å². The van der Waals surface area contributed by atoms with Gasteiger partial charge in [0.05, 0.1) is 24.9 Å². The number of aliphatic hydroxyl groups excluding tert-OH is 4. The third kappa shape index (κ3) is 4.25. The summed E-state index contributed by atoms with van der Waals surface area (Å²) in [5, 5.41) is 39.9. The van der Waals surface area contributed by atoms with Gasteiger partial charge >= 0.3 is 0 Å². The Morgan fingerprint density at radius 2 is 1.67 bits per heavy atom. The van der Waals surface area contributed by atoms with Crippen LogP contribution in [-0.4, -0.2) is 45.3 Å². The van der Waals surface area contributed by atoms with Crippen molar-refractivity contribution in [2.45, 2.75) is 57.3 Å². The van der Waals surface area contributed by atoms with Crippen LogP contribution in [0, 0.1) is 12.8 Å². The molecule has 0 saturated heterocycles. The molecule has 0 amide bonds. The van der Waals surface area contributed by atoms with E-state index in [1.165, 1.54) is 22.3 Å². The van der Waals surface area contributed by atoms with Crippen molar-refractivity contribution < 1.29 is 20.4 Å². The van der Waals surface area contributed by atoms with Gasteiger partial charge in [-0.05, 0) is 54.0 Å². The van der Waals surface area contributed by atoms with E-state index in [9.17, 15) is 20.4 Å². The van der Waals surface area contributed by atoms with Gasteiger partial charge in [-0.2, -0.15) is 0 Å². The second kappa shape index (κ2) is 8.53. The van der Waals surface area contributed by atoms with Crippen molar-refractivity contribution >= 4 is 0 Å². The fourth-order valence-corrected chi connectivity index (χ4v) is 4.14. The highest BCUT2D eigenvalue weighted by Crippen LogP contribution is 2.41. The average Bonchev–Trinajstić information content (AvgIpc) is 2.98. The van der Waals surface area contributed by atoms with Gasteiger partial charge in [0.25, 0.3) is 0 Å². The van der Waals surface area contributed by atoms with Crippen LogP contribution in [-0.2, 0) is 12.8 Å². The summed E-state index contributed by atoms with van der Waals surface area (Å²) in [6.07, 6.45) is -0.673. The first-order valence-corrected chi connectivity index (χ1v) is 9.76. The summed E-state index contributed by atoms with van der Waals surface area (Å²) in [4.78, 5) is 0. The van der Waals surface area contributed by atoms with Crippen LogP contribution in [0.25, 0.3) is 0 Å². The molecule has 1 aliphatic rings. The topological polar surface area (TPSA) is 80.9 Å². The molecule has 0 spiro atoms. The summed E-state index contributed by atoms with van der Waals surface area (Å²) >= 11 is 0. The lowest BCUT2D eigenvalue weighted by atomic mass is 9.89. The highest BCUT2D eigenvalue weighted by molar-refractivity contribution is 5.38. The minimum absolute atomic E-state index is 0.243. The highest BCUT2D eigenvalue weighted by atomic mass is 16.3. The summed E-state index contributed by atoms with van der Waals surface area (Å²) < 4.78 is 0. The zero-order valence-electron chi connectivity index (χ0n) is 16.0. The molecule has 0 heterocycles. The van der Waals surface area contributed by atoms with E-state index in [1.54, 1.807) is 0 Å². The van der Waals surface area contributed by atoms with Gasteiger partial charge in [-0.3, -0.25) is 0 Å². The Labute approximate surface area is 161 Å². The fourth-order valence-electron chi connectivity index (χ4n) is 4.14.